The van der Waals surface area contributed by atoms with Gasteiger partial charge in [-0.25, -0.2) is 18.0 Å². The Kier molecular flexibility index (Phi) is 6.57. The van der Waals surface area contributed by atoms with Gasteiger partial charge in [-0.05, 0) is 34.5 Å². The Labute approximate surface area is 138 Å². The van der Waals surface area contributed by atoms with E-state index in [1.807, 2.05) is 0 Å². The first-order chi connectivity index (χ1) is 10.7. The Morgan fingerprint density at radius 1 is 1.57 bits per heavy atom. The summed E-state index contributed by atoms with van der Waals surface area (Å²) in [4.78, 5) is 23.2. The van der Waals surface area contributed by atoms with Crippen molar-refractivity contribution in [3.05, 3.63) is 35.3 Å². The first-order valence-corrected chi connectivity index (χ1v) is 7.40. The molecule has 1 aliphatic rings. The van der Waals surface area contributed by atoms with Gasteiger partial charge in [0.15, 0.2) is 6.17 Å². The van der Waals surface area contributed by atoms with Crippen LogP contribution in [0, 0.1) is 0 Å². The summed E-state index contributed by atoms with van der Waals surface area (Å²) < 4.78 is 38.2. The lowest BCUT2D eigenvalue weighted by Gasteiger charge is -2.23. The van der Waals surface area contributed by atoms with Crippen molar-refractivity contribution in [2.24, 2.45) is 0 Å². The SMILES string of the molecule is CC[C@@H](CO)NC=C(C(=O)O)C(=O)C1=C(F)C(F)C(F)(Br)C=C1. The van der Waals surface area contributed by atoms with E-state index >= 15 is 0 Å². The molecule has 1 rings (SSSR count). The van der Waals surface area contributed by atoms with E-state index in [1.165, 1.54) is 0 Å². The van der Waals surface area contributed by atoms with Gasteiger partial charge >= 0.3 is 5.97 Å². The Bertz CT molecular complexity index is 583. The summed E-state index contributed by atoms with van der Waals surface area (Å²) in [5.74, 6) is -4.68. The van der Waals surface area contributed by atoms with Gasteiger partial charge in [-0.15, -0.1) is 0 Å². The summed E-state index contributed by atoms with van der Waals surface area (Å²) in [6.07, 6.45) is -0.255. The van der Waals surface area contributed by atoms with Gasteiger partial charge < -0.3 is 15.5 Å². The molecule has 0 aromatic carbocycles. The predicted octanol–water partition coefficient (Wildman–Crippen LogP) is 2.08. The molecule has 2 unspecified atom stereocenters. The third-order valence-corrected chi connectivity index (χ3v) is 3.85. The molecule has 5 nitrogen and oxygen atoms in total. The number of nitrogens with one attached hydrogen (secondary N) is 1. The van der Waals surface area contributed by atoms with Crippen molar-refractivity contribution in [3.63, 3.8) is 0 Å². The molecule has 9 heteroatoms. The number of hydrogen-bond donors (Lipinski definition) is 3. The predicted molar refractivity (Wildman–Crippen MR) is 80.0 cm³/mol. The van der Waals surface area contributed by atoms with Crippen molar-refractivity contribution in [1.82, 2.24) is 5.32 Å². The number of allylic oxidation sites excluding steroid dienone is 4. The number of ketones is 1. The number of hydrogen-bond acceptors (Lipinski definition) is 4. The van der Waals surface area contributed by atoms with Gasteiger partial charge in [-0.1, -0.05) is 6.92 Å². The number of carbonyl (C=O) groups is 2. The normalized spacial score (nSPS) is 26.2. The summed E-state index contributed by atoms with van der Waals surface area (Å²) in [7, 11) is 0. The van der Waals surface area contributed by atoms with Crippen LogP contribution in [0.2, 0.25) is 0 Å². The maximum absolute atomic E-state index is 13.8. The smallest absolute Gasteiger partial charge is 0.341 e. The summed E-state index contributed by atoms with van der Waals surface area (Å²) in [6.45, 7) is 1.39. The number of aliphatic hydroxyl groups excluding tert-OH is 1. The van der Waals surface area contributed by atoms with E-state index in [2.05, 4.69) is 21.2 Å². The minimum Gasteiger partial charge on any atom is -0.477 e. The fourth-order valence-corrected chi connectivity index (χ4v) is 2.05. The number of rotatable bonds is 7. The number of carboxylic acid groups (broad SMARTS) is 1. The second-order valence-electron chi connectivity index (χ2n) is 4.78. The second-order valence-corrected chi connectivity index (χ2v) is 5.99. The lowest BCUT2D eigenvalue weighted by molar-refractivity contribution is -0.134. The molecule has 128 valence electrons. The van der Waals surface area contributed by atoms with Crippen LogP contribution in [-0.2, 0) is 9.59 Å². The minimum absolute atomic E-state index is 0.314. The van der Waals surface area contributed by atoms with E-state index in [0.717, 1.165) is 6.20 Å². The largest absolute Gasteiger partial charge is 0.477 e. The van der Waals surface area contributed by atoms with Gasteiger partial charge in [0.2, 0.25) is 10.4 Å². The number of carbonyl (C=O) groups excluding carboxylic acids is 1. The van der Waals surface area contributed by atoms with Gasteiger partial charge in [0.1, 0.15) is 11.4 Å². The molecular formula is C14H15BrF3NO4. The van der Waals surface area contributed by atoms with E-state index in [9.17, 15) is 22.8 Å². The highest BCUT2D eigenvalue weighted by molar-refractivity contribution is 9.10. The standard InChI is InChI=1S/C14H15BrF3NO4/c1-2-7(6-20)19-5-9(13(22)23)11(21)8-3-4-14(15,18)12(17)10(8)16/h3-5,7,12,19-20H,2,6H2,1H3,(H,22,23)/t7-,12?,14?/m0/s1. The zero-order valence-electron chi connectivity index (χ0n) is 12.0. The molecule has 3 N–H and O–H groups in total. The second kappa shape index (κ2) is 7.78. The third-order valence-electron chi connectivity index (χ3n) is 3.19. The van der Waals surface area contributed by atoms with Crippen LogP contribution in [0.1, 0.15) is 13.3 Å². The van der Waals surface area contributed by atoms with Gasteiger partial charge in [0.05, 0.1) is 12.2 Å². The summed E-state index contributed by atoms with van der Waals surface area (Å²) in [5.41, 5.74) is -1.74. The highest BCUT2D eigenvalue weighted by Crippen LogP contribution is 2.39. The quantitative estimate of drug-likeness (QED) is 0.265. The van der Waals surface area contributed by atoms with Crippen LogP contribution in [0.4, 0.5) is 13.2 Å². The minimum atomic E-state index is -2.80. The van der Waals surface area contributed by atoms with Crippen molar-refractivity contribution >= 4 is 27.7 Å². The fourth-order valence-electron chi connectivity index (χ4n) is 1.72. The van der Waals surface area contributed by atoms with Crippen molar-refractivity contribution < 1.29 is 33.0 Å². The van der Waals surface area contributed by atoms with Crippen LogP contribution in [-0.4, -0.2) is 45.4 Å². The Hall–Kier alpha value is -1.61. The van der Waals surface area contributed by atoms with Crippen molar-refractivity contribution in [2.75, 3.05) is 6.61 Å². The zero-order valence-corrected chi connectivity index (χ0v) is 13.6. The number of aliphatic hydroxyl groups is 1. The molecule has 0 aromatic rings. The molecule has 3 atom stereocenters. The van der Waals surface area contributed by atoms with E-state index in [-0.39, 0.29) is 6.61 Å². The molecule has 0 spiro atoms. The van der Waals surface area contributed by atoms with Crippen molar-refractivity contribution in [3.8, 4) is 0 Å². The molecule has 0 amide bonds. The molecule has 0 radical (unpaired) electrons. The van der Waals surface area contributed by atoms with E-state index < -0.39 is 45.5 Å². The molecule has 0 saturated carbocycles. The van der Waals surface area contributed by atoms with Gasteiger partial charge in [-0.3, -0.25) is 4.79 Å². The fraction of sp³-hybridized carbons (Fsp3) is 0.429. The van der Waals surface area contributed by atoms with Crippen molar-refractivity contribution in [1.29, 1.82) is 0 Å². The number of halogens is 4. The Morgan fingerprint density at radius 3 is 2.65 bits per heavy atom. The van der Waals surface area contributed by atoms with Gasteiger partial charge in [-0.2, -0.15) is 0 Å². The monoisotopic (exact) mass is 397 g/mol. The van der Waals surface area contributed by atoms with Crippen LogP contribution in [0.3, 0.4) is 0 Å². The highest BCUT2D eigenvalue weighted by atomic mass is 79.9. The third kappa shape index (κ3) is 4.44. The summed E-state index contributed by atoms with van der Waals surface area (Å²) in [6, 6.07) is -0.507. The van der Waals surface area contributed by atoms with Crippen LogP contribution >= 0.6 is 15.9 Å². The molecule has 1 aliphatic carbocycles. The van der Waals surface area contributed by atoms with E-state index in [4.69, 9.17) is 10.2 Å². The summed E-state index contributed by atoms with van der Waals surface area (Å²) >= 11 is 2.32. The topological polar surface area (TPSA) is 86.6 Å². The average molecular weight is 398 g/mol. The number of alkyl halides is 3. The van der Waals surface area contributed by atoms with E-state index in [1.54, 1.807) is 6.92 Å². The molecular weight excluding hydrogens is 383 g/mol. The van der Waals surface area contributed by atoms with E-state index in [0.29, 0.717) is 18.6 Å². The summed E-state index contributed by atoms with van der Waals surface area (Å²) in [5, 5.41) is 20.6. The van der Waals surface area contributed by atoms with Crippen LogP contribution in [0.15, 0.2) is 35.3 Å². The molecule has 0 bridgehead atoms. The number of Topliss-reactive ketones (excluding diaryl/α,β-unsaturated/α-hetero) is 1. The van der Waals surface area contributed by atoms with Gasteiger partial charge in [0.25, 0.3) is 0 Å². The van der Waals surface area contributed by atoms with Gasteiger partial charge in [0, 0.05) is 12.2 Å². The van der Waals surface area contributed by atoms with Crippen LogP contribution in [0.5, 0.6) is 0 Å². The average Bonchev–Trinajstić information content (AvgIpc) is 2.48. The maximum Gasteiger partial charge on any atom is 0.341 e. The lowest BCUT2D eigenvalue weighted by Crippen LogP contribution is -2.32. The highest BCUT2D eigenvalue weighted by Gasteiger charge is 2.43. The molecule has 0 aromatic heterocycles. The lowest BCUT2D eigenvalue weighted by atomic mass is 9.96. The first kappa shape index (κ1) is 19.4. The molecule has 23 heavy (non-hydrogen) atoms. The first-order valence-electron chi connectivity index (χ1n) is 6.61. The molecule has 0 saturated heterocycles. The zero-order chi connectivity index (χ0) is 17.8. The van der Waals surface area contributed by atoms with Crippen molar-refractivity contribution in [2.45, 2.75) is 30.1 Å². The molecule has 0 heterocycles. The van der Waals surface area contributed by atoms with Crippen LogP contribution in [0.25, 0.3) is 0 Å². The molecule has 0 aliphatic heterocycles. The number of aliphatic carboxylic acids is 1. The molecule has 0 fully saturated rings. The Balaban J connectivity index is 3.13. The number of carboxylic acids is 1. The van der Waals surface area contributed by atoms with Crippen LogP contribution < -0.4 is 5.32 Å². The Morgan fingerprint density at radius 2 is 2.17 bits per heavy atom. The maximum atomic E-state index is 13.8.